The lowest BCUT2D eigenvalue weighted by Crippen LogP contribution is -2.10. The van der Waals surface area contributed by atoms with E-state index in [4.69, 9.17) is 10.5 Å². The van der Waals surface area contributed by atoms with Crippen molar-refractivity contribution in [3.05, 3.63) is 41.1 Å². The Bertz CT molecular complexity index is 665. The minimum absolute atomic E-state index is 0.00487. The zero-order valence-electron chi connectivity index (χ0n) is 11.6. The van der Waals surface area contributed by atoms with Crippen LogP contribution in [0.15, 0.2) is 18.2 Å². The van der Waals surface area contributed by atoms with Crippen LogP contribution in [0.3, 0.4) is 0 Å². The molecule has 1 heterocycles. The third-order valence-electron chi connectivity index (χ3n) is 2.89. The van der Waals surface area contributed by atoms with Crippen molar-refractivity contribution in [1.82, 2.24) is 9.55 Å². The van der Waals surface area contributed by atoms with Crippen LogP contribution in [0.4, 0.5) is 10.2 Å². The Labute approximate surface area is 116 Å². The Morgan fingerprint density at radius 1 is 1.45 bits per heavy atom. The number of hydrogen-bond donors (Lipinski definition) is 1. The van der Waals surface area contributed by atoms with Crippen LogP contribution in [-0.2, 0) is 4.74 Å². The highest BCUT2D eigenvalue weighted by atomic mass is 19.1. The Hall–Kier alpha value is -2.37. The zero-order chi connectivity index (χ0) is 14.9. The van der Waals surface area contributed by atoms with E-state index in [-0.39, 0.29) is 23.8 Å². The Morgan fingerprint density at radius 3 is 2.80 bits per heavy atom. The second-order valence-electron chi connectivity index (χ2n) is 4.40. The first-order valence-corrected chi connectivity index (χ1v) is 6.24. The normalized spacial score (nSPS) is 10.6. The molecule has 6 heteroatoms. The first kappa shape index (κ1) is 14.0. The molecule has 0 atom stereocenters. The molecule has 0 saturated carbocycles. The predicted molar refractivity (Wildman–Crippen MR) is 73.4 cm³/mol. The van der Waals surface area contributed by atoms with E-state index in [0.29, 0.717) is 5.82 Å². The fourth-order valence-electron chi connectivity index (χ4n) is 2.00. The van der Waals surface area contributed by atoms with Gasteiger partial charge >= 0.3 is 5.97 Å². The maximum atomic E-state index is 14.0. The summed E-state index contributed by atoms with van der Waals surface area (Å²) in [6.45, 7) is 5.42. The number of nitrogens with two attached hydrogens (primary N) is 1. The quantitative estimate of drug-likeness (QED) is 0.874. The fourth-order valence-corrected chi connectivity index (χ4v) is 2.00. The van der Waals surface area contributed by atoms with Crippen LogP contribution in [-0.4, -0.2) is 22.1 Å². The second kappa shape index (κ2) is 5.32. The van der Waals surface area contributed by atoms with Gasteiger partial charge in [-0.05, 0) is 38.5 Å². The number of anilines is 1. The van der Waals surface area contributed by atoms with Gasteiger partial charge in [0, 0.05) is 0 Å². The number of hydrogen-bond acceptors (Lipinski definition) is 4. The fraction of sp³-hybridized carbons (Fsp3) is 0.286. The number of carbonyl (C=O) groups excluding carboxylic acids is 1. The van der Waals surface area contributed by atoms with Gasteiger partial charge in [0.05, 0.1) is 12.3 Å². The molecule has 1 aromatic carbocycles. The molecule has 0 fully saturated rings. The van der Waals surface area contributed by atoms with Crippen LogP contribution in [0.1, 0.15) is 28.8 Å². The van der Waals surface area contributed by atoms with E-state index in [9.17, 15) is 9.18 Å². The molecule has 2 aromatic rings. The molecule has 0 amide bonds. The third-order valence-corrected chi connectivity index (χ3v) is 2.89. The largest absolute Gasteiger partial charge is 0.461 e. The van der Waals surface area contributed by atoms with Gasteiger partial charge in [-0.2, -0.15) is 0 Å². The minimum atomic E-state index is -0.611. The maximum absolute atomic E-state index is 14.0. The SMILES string of the molecule is CCOC(=O)c1nc(C)n(-c2cc(C)ccc2F)c1N. The number of nitrogen functional groups attached to an aromatic ring is 1. The topological polar surface area (TPSA) is 70.1 Å². The van der Waals surface area contributed by atoms with Gasteiger partial charge in [-0.25, -0.2) is 14.2 Å². The molecule has 2 rings (SSSR count). The molecule has 0 aliphatic carbocycles. The van der Waals surface area contributed by atoms with Crippen molar-refractivity contribution in [3.8, 4) is 5.69 Å². The highest BCUT2D eigenvalue weighted by Crippen LogP contribution is 2.24. The summed E-state index contributed by atoms with van der Waals surface area (Å²) in [5, 5.41) is 0. The van der Waals surface area contributed by atoms with Gasteiger partial charge in [0.1, 0.15) is 17.5 Å². The number of ether oxygens (including phenoxy) is 1. The minimum Gasteiger partial charge on any atom is -0.461 e. The van der Waals surface area contributed by atoms with Crippen molar-refractivity contribution < 1.29 is 13.9 Å². The molecule has 0 radical (unpaired) electrons. The number of rotatable bonds is 3. The summed E-state index contributed by atoms with van der Waals surface area (Å²) in [5.74, 6) is -0.543. The second-order valence-corrected chi connectivity index (χ2v) is 4.40. The lowest BCUT2D eigenvalue weighted by Gasteiger charge is -2.09. The Balaban J connectivity index is 2.58. The lowest BCUT2D eigenvalue weighted by atomic mass is 10.2. The molecule has 0 aliphatic rings. The van der Waals surface area contributed by atoms with Crippen LogP contribution >= 0.6 is 0 Å². The summed E-state index contributed by atoms with van der Waals surface area (Å²) in [6, 6.07) is 4.66. The Morgan fingerprint density at radius 2 is 2.15 bits per heavy atom. The van der Waals surface area contributed by atoms with Crippen molar-refractivity contribution in [2.75, 3.05) is 12.3 Å². The van der Waals surface area contributed by atoms with E-state index in [1.165, 1.54) is 10.6 Å². The average Bonchev–Trinajstić information content (AvgIpc) is 2.68. The predicted octanol–water partition coefficient (Wildman–Crippen LogP) is 2.39. The van der Waals surface area contributed by atoms with Gasteiger partial charge in [-0.15, -0.1) is 0 Å². The van der Waals surface area contributed by atoms with Crippen LogP contribution in [0.25, 0.3) is 5.69 Å². The van der Waals surface area contributed by atoms with Crippen LogP contribution in [0.2, 0.25) is 0 Å². The summed E-state index contributed by atoms with van der Waals surface area (Å²) < 4.78 is 20.2. The van der Waals surface area contributed by atoms with Gasteiger partial charge in [0.25, 0.3) is 0 Å². The van der Waals surface area contributed by atoms with Crippen LogP contribution in [0, 0.1) is 19.7 Å². The van der Waals surface area contributed by atoms with Gasteiger partial charge in [0.2, 0.25) is 0 Å². The van der Waals surface area contributed by atoms with Crippen LogP contribution in [0.5, 0.6) is 0 Å². The zero-order valence-corrected chi connectivity index (χ0v) is 11.6. The lowest BCUT2D eigenvalue weighted by molar-refractivity contribution is 0.0521. The smallest absolute Gasteiger partial charge is 0.360 e. The number of halogens is 1. The van der Waals surface area contributed by atoms with Crippen molar-refractivity contribution in [2.45, 2.75) is 20.8 Å². The molecular weight excluding hydrogens is 261 g/mol. The average molecular weight is 277 g/mol. The molecule has 0 unspecified atom stereocenters. The van der Waals surface area contributed by atoms with Crippen LogP contribution < -0.4 is 5.73 Å². The van der Waals surface area contributed by atoms with Gasteiger partial charge in [0.15, 0.2) is 5.69 Å². The van der Waals surface area contributed by atoms with Crippen molar-refractivity contribution in [3.63, 3.8) is 0 Å². The van der Waals surface area contributed by atoms with Gasteiger partial charge < -0.3 is 10.5 Å². The maximum Gasteiger partial charge on any atom is 0.360 e. The molecule has 5 nitrogen and oxygen atoms in total. The molecule has 20 heavy (non-hydrogen) atoms. The van der Waals surface area contributed by atoms with E-state index in [2.05, 4.69) is 4.98 Å². The number of aryl methyl sites for hydroxylation is 2. The van der Waals surface area contributed by atoms with E-state index < -0.39 is 11.8 Å². The summed E-state index contributed by atoms with van der Waals surface area (Å²) in [4.78, 5) is 15.8. The molecular formula is C14H16FN3O2. The summed E-state index contributed by atoms with van der Waals surface area (Å²) >= 11 is 0. The number of esters is 1. The standard InChI is InChI=1S/C14H16FN3O2/c1-4-20-14(19)12-13(16)18(9(3)17-12)11-7-8(2)5-6-10(11)15/h5-7H,4,16H2,1-3H3. The molecule has 0 bridgehead atoms. The molecule has 0 saturated heterocycles. The van der Waals surface area contributed by atoms with Crippen molar-refractivity contribution >= 4 is 11.8 Å². The highest BCUT2D eigenvalue weighted by Gasteiger charge is 2.22. The molecule has 0 spiro atoms. The molecule has 106 valence electrons. The number of benzene rings is 1. The van der Waals surface area contributed by atoms with E-state index in [0.717, 1.165) is 5.56 Å². The number of aromatic nitrogens is 2. The third kappa shape index (κ3) is 2.36. The summed E-state index contributed by atoms with van der Waals surface area (Å²) in [5.41, 5.74) is 7.07. The summed E-state index contributed by atoms with van der Waals surface area (Å²) in [7, 11) is 0. The molecule has 1 aromatic heterocycles. The number of imidazole rings is 1. The van der Waals surface area contributed by atoms with Gasteiger partial charge in [-0.1, -0.05) is 6.07 Å². The first-order chi connectivity index (χ1) is 9.45. The van der Waals surface area contributed by atoms with E-state index in [1.54, 1.807) is 26.0 Å². The summed E-state index contributed by atoms with van der Waals surface area (Å²) in [6.07, 6.45) is 0. The van der Waals surface area contributed by atoms with Crippen molar-refractivity contribution in [1.29, 1.82) is 0 Å². The highest BCUT2D eigenvalue weighted by molar-refractivity contribution is 5.92. The van der Waals surface area contributed by atoms with Crippen molar-refractivity contribution in [2.24, 2.45) is 0 Å². The molecule has 2 N–H and O–H groups in total. The van der Waals surface area contributed by atoms with Gasteiger partial charge in [-0.3, -0.25) is 4.57 Å². The number of nitrogens with zero attached hydrogens (tertiary/aromatic N) is 2. The van der Waals surface area contributed by atoms with E-state index >= 15 is 0 Å². The number of carbonyl (C=O) groups is 1. The first-order valence-electron chi connectivity index (χ1n) is 6.24. The van der Waals surface area contributed by atoms with E-state index in [1.807, 2.05) is 6.92 Å². The Kier molecular flexibility index (Phi) is 3.74. The monoisotopic (exact) mass is 277 g/mol. The molecule has 0 aliphatic heterocycles.